The van der Waals surface area contributed by atoms with E-state index >= 15 is 0 Å². The molecule has 1 atom stereocenters. The fourth-order valence-electron chi connectivity index (χ4n) is 2.07. The van der Waals surface area contributed by atoms with Crippen molar-refractivity contribution in [2.24, 2.45) is 0 Å². The number of methoxy groups -OCH3 is 1. The molecule has 1 saturated heterocycles. The maximum absolute atomic E-state index is 6.26. The molecule has 87 valence electrons. The van der Waals surface area contributed by atoms with Gasteiger partial charge in [-0.05, 0) is 37.4 Å². The van der Waals surface area contributed by atoms with Gasteiger partial charge in [0.15, 0.2) is 0 Å². The van der Waals surface area contributed by atoms with Crippen molar-refractivity contribution in [2.45, 2.75) is 18.8 Å². The van der Waals surface area contributed by atoms with Gasteiger partial charge in [0.1, 0.15) is 5.75 Å². The van der Waals surface area contributed by atoms with Crippen molar-refractivity contribution in [3.8, 4) is 5.75 Å². The number of rotatable bonds is 2. The zero-order valence-corrected chi connectivity index (χ0v) is 10.6. The molecule has 1 radical (unpaired) electrons. The molecule has 0 amide bonds. The van der Waals surface area contributed by atoms with E-state index in [1.807, 2.05) is 6.07 Å². The van der Waals surface area contributed by atoms with Crippen LogP contribution >= 0.6 is 23.2 Å². The van der Waals surface area contributed by atoms with Gasteiger partial charge in [0, 0.05) is 12.1 Å². The first-order valence-corrected chi connectivity index (χ1v) is 6.06. The van der Waals surface area contributed by atoms with Crippen molar-refractivity contribution in [1.29, 1.82) is 0 Å². The topological polar surface area (TPSA) is 21.3 Å². The average Bonchev–Trinajstić information content (AvgIpc) is 2.33. The minimum atomic E-state index is 0.391. The molecule has 0 spiro atoms. The van der Waals surface area contributed by atoms with E-state index in [0.717, 1.165) is 30.7 Å². The molecule has 0 bridgehead atoms. The Bertz CT molecular complexity index is 376. The molecule has 1 aromatic rings. The number of hydrogen-bond donors (Lipinski definition) is 1. The van der Waals surface area contributed by atoms with Crippen LogP contribution in [0.5, 0.6) is 5.75 Å². The Kier molecular flexibility index (Phi) is 3.95. The highest BCUT2D eigenvalue weighted by Crippen LogP contribution is 2.41. The number of ether oxygens (including phenoxy) is 1. The molecule has 16 heavy (non-hydrogen) atoms. The van der Waals surface area contributed by atoms with E-state index in [9.17, 15) is 0 Å². The summed E-state index contributed by atoms with van der Waals surface area (Å²) in [5, 5.41) is 4.43. The fraction of sp³-hybridized carbons (Fsp3) is 0.417. The van der Waals surface area contributed by atoms with Crippen molar-refractivity contribution in [2.75, 3.05) is 13.7 Å². The molecule has 1 heterocycles. The lowest BCUT2D eigenvalue weighted by Gasteiger charge is -2.25. The molecule has 2 rings (SSSR count). The molecule has 1 aromatic carbocycles. The van der Waals surface area contributed by atoms with Crippen LogP contribution in [0.25, 0.3) is 0 Å². The summed E-state index contributed by atoms with van der Waals surface area (Å²) in [6.07, 6.45) is 2.00. The van der Waals surface area contributed by atoms with Crippen LogP contribution < -0.4 is 10.1 Å². The van der Waals surface area contributed by atoms with Crippen LogP contribution in [0, 0.1) is 6.54 Å². The van der Waals surface area contributed by atoms with E-state index < -0.39 is 0 Å². The summed E-state index contributed by atoms with van der Waals surface area (Å²) in [7, 11) is 1.66. The Hall–Kier alpha value is -0.440. The molecule has 2 nitrogen and oxygen atoms in total. The normalized spacial score (nSPS) is 17.4. The summed E-state index contributed by atoms with van der Waals surface area (Å²) in [6.45, 7) is 3.04. The van der Waals surface area contributed by atoms with Crippen LogP contribution in [-0.4, -0.2) is 13.7 Å². The summed E-state index contributed by atoms with van der Waals surface area (Å²) in [6, 6.07) is 3.66. The molecule has 0 aromatic heterocycles. The first kappa shape index (κ1) is 12.0. The second kappa shape index (κ2) is 5.26. The third kappa shape index (κ3) is 2.29. The van der Waals surface area contributed by atoms with Gasteiger partial charge in [0.25, 0.3) is 0 Å². The smallest absolute Gasteiger partial charge is 0.123 e. The number of piperidine rings is 1. The Morgan fingerprint density at radius 1 is 1.38 bits per heavy atom. The van der Waals surface area contributed by atoms with Gasteiger partial charge in [-0.1, -0.05) is 23.2 Å². The van der Waals surface area contributed by atoms with Gasteiger partial charge in [0.05, 0.1) is 17.2 Å². The van der Waals surface area contributed by atoms with Gasteiger partial charge in [-0.15, -0.1) is 0 Å². The molecule has 1 fully saturated rings. The lowest BCUT2D eigenvalue weighted by molar-refractivity contribution is 0.398. The summed E-state index contributed by atoms with van der Waals surface area (Å²) in [4.78, 5) is 0. The number of nitrogens with one attached hydrogen (secondary N) is 1. The lowest BCUT2D eigenvalue weighted by atomic mass is 9.89. The van der Waals surface area contributed by atoms with E-state index in [2.05, 4.69) is 11.9 Å². The summed E-state index contributed by atoms with van der Waals surface area (Å²) >= 11 is 12.3. The highest BCUT2D eigenvalue weighted by molar-refractivity contribution is 6.42. The van der Waals surface area contributed by atoms with Crippen molar-refractivity contribution >= 4 is 23.2 Å². The Morgan fingerprint density at radius 2 is 2.19 bits per heavy atom. The SMILES string of the molecule is COc1ccc(Cl)c(Cl)c1C1C[CH]NCC1. The first-order chi connectivity index (χ1) is 7.74. The minimum Gasteiger partial charge on any atom is -0.496 e. The van der Waals surface area contributed by atoms with Gasteiger partial charge in [0.2, 0.25) is 0 Å². The largest absolute Gasteiger partial charge is 0.496 e. The molecule has 1 aliphatic rings. The maximum atomic E-state index is 6.26. The fourth-order valence-corrected chi connectivity index (χ4v) is 2.55. The molecule has 1 N–H and O–H groups in total. The van der Waals surface area contributed by atoms with Crippen molar-refractivity contribution < 1.29 is 4.74 Å². The Morgan fingerprint density at radius 3 is 2.81 bits per heavy atom. The quantitative estimate of drug-likeness (QED) is 0.875. The van der Waals surface area contributed by atoms with E-state index in [4.69, 9.17) is 27.9 Å². The maximum Gasteiger partial charge on any atom is 0.123 e. The zero-order valence-electron chi connectivity index (χ0n) is 9.09. The van der Waals surface area contributed by atoms with Gasteiger partial charge in [-0.2, -0.15) is 0 Å². The molecular formula is C12H14Cl2NO. The molecule has 0 saturated carbocycles. The molecular weight excluding hydrogens is 245 g/mol. The first-order valence-electron chi connectivity index (χ1n) is 5.31. The number of halogens is 2. The molecule has 1 unspecified atom stereocenters. The second-order valence-electron chi connectivity index (χ2n) is 3.86. The number of hydrogen-bond acceptors (Lipinski definition) is 2. The lowest BCUT2D eigenvalue weighted by Crippen LogP contribution is -2.22. The third-order valence-electron chi connectivity index (χ3n) is 2.90. The van der Waals surface area contributed by atoms with Crippen LogP contribution in [0.2, 0.25) is 10.0 Å². The van der Waals surface area contributed by atoms with Crippen LogP contribution in [0.1, 0.15) is 24.3 Å². The summed E-state index contributed by atoms with van der Waals surface area (Å²) in [5.41, 5.74) is 1.04. The van der Waals surface area contributed by atoms with Gasteiger partial charge >= 0.3 is 0 Å². The molecule has 1 aliphatic heterocycles. The average molecular weight is 259 g/mol. The van der Waals surface area contributed by atoms with Crippen molar-refractivity contribution in [3.05, 3.63) is 34.3 Å². The minimum absolute atomic E-state index is 0.391. The zero-order chi connectivity index (χ0) is 11.5. The highest BCUT2D eigenvalue weighted by atomic mass is 35.5. The van der Waals surface area contributed by atoms with E-state index in [0.29, 0.717) is 16.0 Å². The van der Waals surface area contributed by atoms with E-state index in [1.165, 1.54) is 0 Å². The van der Waals surface area contributed by atoms with Gasteiger partial charge in [-0.25, -0.2) is 0 Å². The highest BCUT2D eigenvalue weighted by Gasteiger charge is 2.23. The molecule has 4 heteroatoms. The molecule has 0 aliphatic carbocycles. The Labute approximate surface area is 106 Å². The monoisotopic (exact) mass is 258 g/mol. The number of benzene rings is 1. The standard InChI is InChI=1S/C12H14Cl2NO/c1-16-10-3-2-9(13)12(14)11(10)8-4-6-15-7-5-8/h2-3,6,8,15H,4-5,7H2,1H3. The van der Waals surface area contributed by atoms with Crippen LogP contribution in [-0.2, 0) is 0 Å². The second-order valence-corrected chi connectivity index (χ2v) is 4.64. The van der Waals surface area contributed by atoms with Gasteiger partial charge in [-0.3, -0.25) is 0 Å². The summed E-state index contributed by atoms with van der Waals surface area (Å²) in [5.74, 6) is 1.22. The predicted octanol–water partition coefficient (Wildman–Crippen LogP) is 3.63. The van der Waals surface area contributed by atoms with Crippen LogP contribution in [0.15, 0.2) is 12.1 Å². The van der Waals surface area contributed by atoms with Crippen molar-refractivity contribution in [3.63, 3.8) is 0 Å². The van der Waals surface area contributed by atoms with Crippen LogP contribution in [0.3, 0.4) is 0 Å². The van der Waals surface area contributed by atoms with Crippen LogP contribution in [0.4, 0.5) is 0 Å². The predicted molar refractivity (Wildman–Crippen MR) is 67.3 cm³/mol. The third-order valence-corrected chi connectivity index (χ3v) is 3.72. The Balaban J connectivity index is 2.39. The van der Waals surface area contributed by atoms with Crippen molar-refractivity contribution in [1.82, 2.24) is 5.32 Å². The summed E-state index contributed by atoms with van der Waals surface area (Å²) < 4.78 is 5.36. The van der Waals surface area contributed by atoms with Gasteiger partial charge < -0.3 is 10.1 Å². The van der Waals surface area contributed by atoms with E-state index in [1.54, 1.807) is 13.2 Å². The van der Waals surface area contributed by atoms with E-state index in [-0.39, 0.29) is 0 Å².